The fraction of sp³-hybridized carbons (Fsp3) is 0.296. The van der Waals surface area contributed by atoms with Crippen LogP contribution in [0.15, 0.2) is 54.9 Å². The minimum absolute atomic E-state index is 0.0694. The molecule has 0 aliphatic carbocycles. The Balaban J connectivity index is 1.25. The predicted octanol–water partition coefficient (Wildman–Crippen LogP) is 2.66. The summed E-state index contributed by atoms with van der Waals surface area (Å²) in [4.78, 5) is 25.8. The molecule has 1 fully saturated rings. The molecular weight excluding hydrogens is 486 g/mol. The van der Waals surface area contributed by atoms with E-state index in [-0.39, 0.29) is 5.91 Å². The zero-order chi connectivity index (χ0) is 26.5. The first-order chi connectivity index (χ1) is 18.6. The number of fused-ring (bicyclic) bond motifs is 1. The van der Waals surface area contributed by atoms with E-state index >= 15 is 0 Å². The molecule has 11 nitrogen and oxygen atoms in total. The third kappa shape index (κ3) is 5.08. The first-order valence-electron chi connectivity index (χ1n) is 12.2. The highest BCUT2D eigenvalue weighted by Crippen LogP contribution is 2.38. The second-order valence-electron chi connectivity index (χ2n) is 8.71. The molecule has 1 aliphatic rings. The van der Waals surface area contributed by atoms with Gasteiger partial charge in [-0.25, -0.2) is 14.6 Å². The van der Waals surface area contributed by atoms with Gasteiger partial charge in [0.1, 0.15) is 6.33 Å². The lowest BCUT2D eigenvalue weighted by atomic mass is 10.1. The van der Waals surface area contributed by atoms with Gasteiger partial charge in [0, 0.05) is 32.3 Å². The van der Waals surface area contributed by atoms with Crippen LogP contribution in [0.1, 0.15) is 11.1 Å². The van der Waals surface area contributed by atoms with Crippen molar-refractivity contribution in [2.45, 2.75) is 6.54 Å². The van der Waals surface area contributed by atoms with Crippen LogP contribution in [0.4, 0.5) is 5.82 Å². The van der Waals surface area contributed by atoms with Gasteiger partial charge in [0.25, 0.3) is 0 Å². The Morgan fingerprint density at radius 1 is 0.947 bits per heavy atom. The van der Waals surface area contributed by atoms with Crippen LogP contribution in [0.25, 0.3) is 17.2 Å². The third-order valence-electron chi connectivity index (χ3n) is 6.45. The Morgan fingerprint density at radius 2 is 1.66 bits per heavy atom. The van der Waals surface area contributed by atoms with Gasteiger partial charge in [-0.15, -0.1) is 5.10 Å². The van der Waals surface area contributed by atoms with Crippen molar-refractivity contribution in [3.05, 3.63) is 66.0 Å². The minimum Gasteiger partial charge on any atom is -0.493 e. The number of piperazine rings is 1. The maximum Gasteiger partial charge on any atom is 0.246 e. The van der Waals surface area contributed by atoms with Gasteiger partial charge in [-0.2, -0.15) is 0 Å². The van der Waals surface area contributed by atoms with Gasteiger partial charge in [-0.05, 0) is 29.3 Å². The maximum absolute atomic E-state index is 12.9. The lowest BCUT2D eigenvalue weighted by Gasteiger charge is -2.34. The van der Waals surface area contributed by atoms with Gasteiger partial charge in [0.05, 0.1) is 27.9 Å². The fourth-order valence-corrected chi connectivity index (χ4v) is 4.48. The molecular formula is C27H29N7O4. The first kappa shape index (κ1) is 25.0. The van der Waals surface area contributed by atoms with Gasteiger partial charge in [-0.3, -0.25) is 4.79 Å². The molecule has 5 rings (SSSR count). The van der Waals surface area contributed by atoms with Crippen molar-refractivity contribution in [3.8, 4) is 17.2 Å². The normalized spacial score (nSPS) is 13.8. The van der Waals surface area contributed by atoms with Crippen LogP contribution in [0.3, 0.4) is 0 Å². The molecule has 38 heavy (non-hydrogen) atoms. The standard InChI is InChI=1S/C27H29N7O4/c1-36-21-15-20(16-22(37-2)25(21)38-3)9-10-23(35)32-11-13-33(14-12-32)26-24-27(29-18-28-26)34(31-30-24)17-19-7-5-4-6-8-19/h4-10,15-16,18H,11-14,17H2,1-3H3/b10-9+. The van der Waals surface area contributed by atoms with E-state index in [0.29, 0.717) is 61.1 Å². The molecule has 0 spiro atoms. The largest absolute Gasteiger partial charge is 0.493 e. The van der Waals surface area contributed by atoms with E-state index in [1.165, 1.54) is 0 Å². The molecule has 3 heterocycles. The van der Waals surface area contributed by atoms with Crippen molar-refractivity contribution in [2.75, 3.05) is 52.4 Å². The van der Waals surface area contributed by atoms with Gasteiger partial charge in [0.2, 0.25) is 11.7 Å². The van der Waals surface area contributed by atoms with Crippen LogP contribution in [-0.4, -0.2) is 83.3 Å². The van der Waals surface area contributed by atoms with E-state index in [1.54, 1.807) is 56.6 Å². The molecule has 0 saturated carbocycles. The summed E-state index contributed by atoms with van der Waals surface area (Å²) in [7, 11) is 4.67. The number of carbonyl (C=O) groups is 1. The van der Waals surface area contributed by atoms with Crippen molar-refractivity contribution in [1.82, 2.24) is 29.9 Å². The smallest absolute Gasteiger partial charge is 0.246 e. The number of benzene rings is 2. The lowest BCUT2D eigenvalue weighted by Crippen LogP contribution is -2.48. The Hall–Kier alpha value is -4.67. The molecule has 196 valence electrons. The Bertz CT molecular complexity index is 1420. The Labute approximate surface area is 220 Å². The number of anilines is 1. The van der Waals surface area contributed by atoms with Gasteiger partial charge in [0.15, 0.2) is 28.5 Å². The Morgan fingerprint density at radius 3 is 2.32 bits per heavy atom. The van der Waals surface area contributed by atoms with E-state index in [9.17, 15) is 4.79 Å². The molecule has 0 unspecified atom stereocenters. The van der Waals surface area contributed by atoms with Crippen molar-refractivity contribution in [2.24, 2.45) is 0 Å². The summed E-state index contributed by atoms with van der Waals surface area (Å²) in [6.07, 6.45) is 4.85. The Kier molecular flexibility index (Phi) is 7.34. The zero-order valence-corrected chi connectivity index (χ0v) is 21.6. The van der Waals surface area contributed by atoms with Crippen LogP contribution < -0.4 is 19.1 Å². The summed E-state index contributed by atoms with van der Waals surface area (Å²) < 4.78 is 17.9. The maximum atomic E-state index is 12.9. The van der Waals surface area contributed by atoms with Crippen LogP contribution in [0.2, 0.25) is 0 Å². The summed E-state index contributed by atoms with van der Waals surface area (Å²) in [6, 6.07) is 13.7. The predicted molar refractivity (Wildman–Crippen MR) is 143 cm³/mol. The van der Waals surface area contributed by atoms with E-state index < -0.39 is 0 Å². The summed E-state index contributed by atoms with van der Waals surface area (Å²) >= 11 is 0. The van der Waals surface area contributed by atoms with Crippen molar-refractivity contribution >= 4 is 29.0 Å². The van der Waals surface area contributed by atoms with Gasteiger partial charge >= 0.3 is 0 Å². The summed E-state index contributed by atoms with van der Waals surface area (Å²) in [5.74, 6) is 2.23. The molecule has 1 amide bonds. The number of hydrogen-bond donors (Lipinski definition) is 0. The number of ether oxygens (including phenoxy) is 3. The third-order valence-corrected chi connectivity index (χ3v) is 6.45. The number of methoxy groups -OCH3 is 3. The van der Waals surface area contributed by atoms with Crippen molar-refractivity contribution in [1.29, 1.82) is 0 Å². The first-order valence-corrected chi connectivity index (χ1v) is 12.2. The number of aromatic nitrogens is 5. The monoisotopic (exact) mass is 515 g/mol. The molecule has 1 saturated heterocycles. The summed E-state index contributed by atoms with van der Waals surface area (Å²) in [6.45, 7) is 2.95. The molecule has 0 N–H and O–H groups in total. The van der Waals surface area contributed by atoms with Crippen LogP contribution in [-0.2, 0) is 11.3 Å². The zero-order valence-electron chi connectivity index (χ0n) is 21.6. The summed E-state index contributed by atoms with van der Waals surface area (Å²) in [5, 5.41) is 8.69. The molecule has 0 atom stereocenters. The van der Waals surface area contributed by atoms with E-state index in [2.05, 4.69) is 25.2 Å². The number of nitrogens with zero attached hydrogens (tertiary/aromatic N) is 7. The average Bonchev–Trinajstić information content (AvgIpc) is 3.38. The highest BCUT2D eigenvalue weighted by molar-refractivity contribution is 5.92. The number of amides is 1. The van der Waals surface area contributed by atoms with Gasteiger partial charge in [-0.1, -0.05) is 35.5 Å². The topological polar surface area (TPSA) is 108 Å². The van der Waals surface area contributed by atoms with E-state index in [0.717, 1.165) is 16.9 Å². The SMILES string of the molecule is COc1cc(/C=C/C(=O)N2CCN(c3ncnc4c3nnn4Cc3ccccc3)CC2)cc(OC)c1OC. The number of carbonyl (C=O) groups excluding carboxylic acids is 1. The molecule has 2 aromatic carbocycles. The van der Waals surface area contributed by atoms with Crippen LogP contribution in [0.5, 0.6) is 17.2 Å². The van der Waals surface area contributed by atoms with Crippen LogP contribution in [0, 0.1) is 0 Å². The van der Waals surface area contributed by atoms with Crippen molar-refractivity contribution < 1.29 is 19.0 Å². The molecule has 4 aromatic rings. The number of rotatable bonds is 8. The molecule has 11 heteroatoms. The average molecular weight is 516 g/mol. The van der Waals surface area contributed by atoms with Gasteiger partial charge < -0.3 is 24.0 Å². The second kappa shape index (κ2) is 11.2. The minimum atomic E-state index is -0.0694. The molecule has 0 bridgehead atoms. The molecule has 0 radical (unpaired) electrons. The van der Waals surface area contributed by atoms with Crippen molar-refractivity contribution in [3.63, 3.8) is 0 Å². The fourth-order valence-electron chi connectivity index (χ4n) is 4.48. The van der Waals surface area contributed by atoms with E-state index in [1.807, 2.05) is 35.2 Å². The lowest BCUT2D eigenvalue weighted by molar-refractivity contribution is -0.126. The summed E-state index contributed by atoms with van der Waals surface area (Å²) in [5.41, 5.74) is 3.23. The highest BCUT2D eigenvalue weighted by atomic mass is 16.5. The second-order valence-corrected chi connectivity index (χ2v) is 8.71. The molecule has 1 aliphatic heterocycles. The number of hydrogen-bond acceptors (Lipinski definition) is 9. The van der Waals surface area contributed by atoms with Crippen LogP contribution >= 0.6 is 0 Å². The quantitative estimate of drug-likeness (QED) is 0.327. The molecule has 2 aromatic heterocycles. The van der Waals surface area contributed by atoms with E-state index in [4.69, 9.17) is 14.2 Å². The highest BCUT2D eigenvalue weighted by Gasteiger charge is 2.24.